The lowest BCUT2D eigenvalue weighted by atomic mass is 9.94. The normalized spacial score (nSPS) is 23.7. The van der Waals surface area contributed by atoms with Gasteiger partial charge in [-0.1, -0.05) is 0 Å². The Morgan fingerprint density at radius 2 is 2.29 bits per heavy atom. The summed E-state index contributed by atoms with van der Waals surface area (Å²) in [4.78, 5) is 4.15. The quantitative estimate of drug-likeness (QED) is 0.793. The zero-order valence-corrected chi connectivity index (χ0v) is 10.2. The Bertz CT molecular complexity index is 367. The Hall–Kier alpha value is -1.33. The zero-order chi connectivity index (χ0) is 12.3. The number of nitrogens with zero attached hydrogens (tertiary/aromatic N) is 1. The highest BCUT2D eigenvalue weighted by Gasteiger charge is 2.33. The number of rotatable bonds is 4. The largest absolute Gasteiger partial charge is 0.496 e. The van der Waals surface area contributed by atoms with Crippen molar-refractivity contribution in [3.63, 3.8) is 0 Å². The lowest BCUT2D eigenvalue weighted by Crippen LogP contribution is -2.34. The molecule has 1 atom stereocenters. The van der Waals surface area contributed by atoms with E-state index in [1.165, 1.54) is 0 Å². The van der Waals surface area contributed by atoms with E-state index >= 15 is 0 Å². The van der Waals surface area contributed by atoms with E-state index in [0.717, 1.165) is 18.5 Å². The van der Waals surface area contributed by atoms with Crippen molar-refractivity contribution < 1.29 is 14.6 Å². The van der Waals surface area contributed by atoms with Crippen molar-refractivity contribution in [2.75, 3.05) is 27.3 Å². The SMILES string of the molecule is COc1ccnc(OC)c1CC1(O)CCNC1. The molecule has 0 aromatic carbocycles. The fourth-order valence-corrected chi connectivity index (χ4v) is 2.20. The van der Waals surface area contributed by atoms with E-state index in [1.807, 2.05) is 0 Å². The van der Waals surface area contributed by atoms with Crippen LogP contribution in [0.1, 0.15) is 12.0 Å². The molecule has 0 bridgehead atoms. The summed E-state index contributed by atoms with van der Waals surface area (Å²) >= 11 is 0. The number of methoxy groups -OCH3 is 2. The Morgan fingerprint density at radius 3 is 2.88 bits per heavy atom. The summed E-state index contributed by atoms with van der Waals surface area (Å²) in [6.07, 6.45) is 2.85. The van der Waals surface area contributed by atoms with E-state index in [-0.39, 0.29) is 0 Å². The predicted molar refractivity (Wildman–Crippen MR) is 63.5 cm³/mol. The highest BCUT2D eigenvalue weighted by Crippen LogP contribution is 2.31. The third-order valence-electron chi connectivity index (χ3n) is 3.11. The van der Waals surface area contributed by atoms with Crippen LogP contribution in [0.15, 0.2) is 12.3 Å². The van der Waals surface area contributed by atoms with Crippen LogP contribution < -0.4 is 14.8 Å². The summed E-state index contributed by atoms with van der Waals surface area (Å²) in [6.45, 7) is 1.43. The molecule has 0 amide bonds. The van der Waals surface area contributed by atoms with Crippen LogP contribution in [0.4, 0.5) is 0 Å². The zero-order valence-electron chi connectivity index (χ0n) is 10.2. The van der Waals surface area contributed by atoms with Crippen molar-refractivity contribution >= 4 is 0 Å². The third-order valence-corrected chi connectivity index (χ3v) is 3.11. The van der Waals surface area contributed by atoms with Gasteiger partial charge in [0, 0.05) is 19.2 Å². The van der Waals surface area contributed by atoms with Gasteiger partial charge >= 0.3 is 0 Å². The molecule has 1 saturated heterocycles. The molecule has 1 aliphatic heterocycles. The van der Waals surface area contributed by atoms with Crippen LogP contribution in [0.3, 0.4) is 0 Å². The molecule has 1 aromatic rings. The second kappa shape index (κ2) is 4.89. The molecule has 2 rings (SSSR count). The van der Waals surface area contributed by atoms with Crippen molar-refractivity contribution in [3.05, 3.63) is 17.8 Å². The maximum Gasteiger partial charge on any atom is 0.220 e. The number of aliphatic hydroxyl groups is 1. The van der Waals surface area contributed by atoms with Crippen LogP contribution in [-0.2, 0) is 6.42 Å². The number of ether oxygens (including phenoxy) is 2. The minimum Gasteiger partial charge on any atom is -0.496 e. The van der Waals surface area contributed by atoms with Crippen LogP contribution in [0.2, 0.25) is 0 Å². The smallest absolute Gasteiger partial charge is 0.220 e. The van der Waals surface area contributed by atoms with Crippen molar-refractivity contribution in [1.29, 1.82) is 0 Å². The summed E-state index contributed by atoms with van der Waals surface area (Å²) in [6, 6.07) is 1.78. The van der Waals surface area contributed by atoms with Gasteiger partial charge < -0.3 is 19.9 Å². The lowest BCUT2D eigenvalue weighted by molar-refractivity contribution is 0.0604. The predicted octanol–water partition coefficient (Wildman–Crippen LogP) is 0.366. The number of β-amino-alcohol motifs (C(OH)–C–C–N with tert-alkyl or cyclic N) is 1. The molecule has 0 aliphatic carbocycles. The van der Waals surface area contributed by atoms with Gasteiger partial charge in [-0.05, 0) is 19.0 Å². The monoisotopic (exact) mass is 238 g/mol. The van der Waals surface area contributed by atoms with Crippen LogP contribution in [0, 0.1) is 0 Å². The van der Waals surface area contributed by atoms with Gasteiger partial charge in [0.15, 0.2) is 0 Å². The Balaban J connectivity index is 2.29. The molecule has 5 nitrogen and oxygen atoms in total. The maximum atomic E-state index is 10.4. The second-order valence-corrected chi connectivity index (χ2v) is 4.33. The summed E-state index contributed by atoms with van der Waals surface area (Å²) in [5.41, 5.74) is 0.0903. The van der Waals surface area contributed by atoms with Gasteiger partial charge in [-0.2, -0.15) is 0 Å². The standard InChI is InChI=1S/C12H18N2O3/c1-16-10-3-5-14-11(17-2)9(10)7-12(15)4-6-13-8-12/h3,5,13,15H,4,6-8H2,1-2H3. The molecule has 0 radical (unpaired) electrons. The van der Waals surface area contributed by atoms with Crippen LogP contribution >= 0.6 is 0 Å². The van der Waals surface area contributed by atoms with Crippen LogP contribution in [-0.4, -0.2) is 43.0 Å². The highest BCUT2D eigenvalue weighted by atomic mass is 16.5. The summed E-state index contributed by atoms with van der Waals surface area (Å²) in [5, 5.41) is 13.5. The molecule has 5 heteroatoms. The van der Waals surface area contributed by atoms with Crippen molar-refractivity contribution in [2.24, 2.45) is 0 Å². The number of hydrogen-bond donors (Lipinski definition) is 2. The van der Waals surface area contributed by atoms with E-state index < -0.39 is 5.60 Å². The Labute approximate surface area is 101 Å². The number of pyridine rings is 1. The lowest BCUT2D eigenvalue weighted by Gasteiger charge is -2.23. The molecule has 0 saturated carbocycles. The molecular formula is C12H18N2O3. The number of hydrogen-bond acceptors (Lipinski definition) is 5. The Kier molecular flexibility index (Phi) is 3.49. The molecule has 17 heavy (non-hydrogen) atoms. The molecule has 1 fully saturated rings. The van der Waals surface area contributed by atoms with Crippen molar-refractivity contribution in [1.82, 2.24) is 10.3 Å². The molecule has 0 spiro atoms. The minimum atomic E-state index is -0.733. The van der Waals surface area contributed by atoms with Gasteiger partial charge in [-0.25, -0.2) is 4.98 Å². The average molecular weight is 238 g/mol. The molecule has 1 aliphatic rings. The highest BCUT2D eigenvalue weighted by molar-refractivity contribution is 5.41. The average Bonchev–Trinajstić information content (AvgIpc) is 2.76. The first-order valence-corrected chi connectivity index (χ1v) is 5.67. The molecule has 2 N–H and O–H groups in total. The van der Waals surface area contributed by atoms with Gasteiger partial charge in [0.05, 0.1) is 25.4 Å². The van der Waals surface area contributed by atoms with E-state index in [2.05, 4.69) is 10.3 Å². The van der Waals surface area contributed by atoms with Gasteiger partial charge in [-0.3, -0.25) is 0 Å². The number of aromatic nitrogens is 1. The first-order valence-electron chi connectivity index (χ1n) is 5.67. The summed E-state index contributed by atoms with van der Waals surface area (Å²) in [7, 11) is 3.18. The van der Waals surface area contributed by atoms with E-state index in [9.17, 15) is 5.11 Å². The van der Waals surface area contributed by atoms with Gasteiger partial charge in [-0.15, -0.1) is 0 Å². The van der Waals surface area contributed by atoms with E-state index in [4.69, 9.17) is 9.47 Å². The summed E-state index contributed by atoms with van der Waals surface area (Å²) in [5.74, 6) is 1.22. The van der Waals surface area contributed by atoms with Gasteiger partial charge in [0.1, 0.15) is 5.75 Å². The summed E-state index contributed by atoms with van der Waals surface area (Å²) < 4.78 is 10.5. The first-order chi connectivity index (χ1) is 8.18. The molecule has 94 valence electrons. The Morgan fingerprint density at radius 1 is 1.47 bits per heavy atom. The van der Waals surface area contributed by atoms with Crippen molar-refractivity contribution in [2.45, 2.75) is 18.4 Å². The second-order valence-electron chi connectivity index (χ2n) is 4.33. The maximum absolute atomic E-state index is 10.4. The molecular weight excluding hydrogens is 220 g/mol. The fourth-order valence-electron chi connectivity index (χ4n) is 2.20. The van der Waals surface area contributed by atoms with E-state index in [0.29, 0.717) is 24.6 Å². The topological polar surface area (TPSA) is 63.6 Å². The van der Waals surface area contributed by atoms with E-state index in [1.54, 1.807) is 26.5 Å². The number of nitrogens with one attached hydrogen (secondary N) is 1. The van der Waals surface area contributed by atoms with Crippen LogP contribution in [0.5, 0.6) is 11.6 Å². The van der Waals surface area contributed by atoms with Crippen molar-refractivity contribution in [3.8, 4) is 11.6 Å². The first kappa shape index (κ1) is 12.1. The van der Waals surface area contributed by atoms with Gasteiger partial charge in [0.2, 0.25) is 5.88 Å². The van der Waals surface area contributed by atoms with Gasteiger partial charge in [0.25, 0.3) is 0 Å². The molecule has 1 unspecified atom stereocenters. The molecule has 2 heterocycles. The fraction of sp³-hybridized carbons (Fsp3) is 0.583. The minimum absolute atomic E-state index is 0.486. The van der Waals surface area contributed by atoms with Crippen LogP contribution in [0.25, 0.3) is 0 Å². The third kappa shape index (κ3) is 2.50. The molecule has 1 aromatic heterocycles.